The molecule has 0 spiro atoms. The number of anilines is 3. The normalized spacial score (nSPS) is 10.0. The number of hydrogen-bond acceptors (Lipinski definition) is 3. The van der Waals surface area contributed by atoms with Crippen LogP contribution in [0.25, 0.3) is 0 Å². The minimum absolute atomic E-state index is 0.0417. The van der Waals surface area contributed by atoms with Crippen molar-refractivity contribution in [2.24, 2.45) is 0 Å². The van der Waals surface area contributed by atoms with Gasteiger partial charge in [0.05, 0.1) is 6.54 Å². The third-order valence-corrected chi connectivity index (χ3v) is 3.54. The molecule has 5 nitrogen and oxygen atoms in total. The van der Waals surface area contributed by atoms with Crippen LogP contribution in [0.3, 0.4) is 0 Å². The molecular weight excluding hydrogens is 358 g/mol. The number of carbonyl (C=O) groups is 2. The maximum atomic E-state index is 11.9. The zero-order chi connectivity index (χ0) is 16.7. The summed E-state index contributed by atoms with van der Waals surface area (Å²) in [6.45, 7) is 1.97. The first kappa shape index (κ1) is 17.0. The summed E-state index contributed by atoms with van der Waals surface area (Å²) >= 11 is 3.38. The summed E-state index contributed by atoms with van der Waals surface area (Å²) in [5.41, 5.74) is 2.26. The Morgan fingerprint density at radius 2 is 1.52 bits per heavy atom. The molecule has 0 aliphatic carbocycles. The number of nitrogens with one attached hydrogen (secondary N) is 3. The summed E-state index contributed by atoms with van der Waals surface area (Å²) in [7, 11) is 0. The van der Waals surface area contributed by atoms with Crippen LogP contribution in [-0.4, -0.2) is 18.4 Å². The van der Waals surface area contributed by atoms with Crippen molar-refractivity contribution in [2.75, 3.05) is 22.5 Å². The molecule has 0 bridgehead atoms. The lowest BCUT2D eigenvalue weighted by atomic mass is 10.2. The van der Waals surface area contributed by atoms with E-state index in [-0.39, 0.29) is 18.4 Å². The molecule has 0 aliphatic heterocycles. The summed E-state index contributed by atoms with van der Waals surface area (Å²) in [6, 6.07) is 14.6. The minimum Gasteiger partial charge on any atom is -0.376 e. The lowest BCUT2D eigenvalue weighted by Gasteiger charge is -2.09. The average molecular weight is 376 g/mol. The molecule has 0 saturated carbocycles. The quantitative estimate of drug-likeness (QED) is 0.717. The van der Waals surface area contributed by atoms with Crippen molar-refractivity contribution >= 4 is 44.8 Å². The van der Waals surface area contributed by atoms with Crippen LogP contribution >= 0.6 is 15.9 Å². The fourth-order valence-electron chi connectivity index (χ4n) is 1.87. The van der Waals surface area contributed by atoms with E-state index in [2.05, 4.69) is 31.9 Å². The van der Waals surface area contributed by atoms with Gasteiger partial charge in [0.2, 0.25) is 11.8 Å². The molecule has 0 radical (unpaired) electrons. The van der Waals surface area contributed by atoms with Crippen LogP contribution in [0.1, 0.15) is 13.3 Å². The largest absolute Gasteiger partial charge is 0.376 e. The maximum Gasteiger partial charge on any atom is 0.243 e. The molecule has 120 valence electrons. The summed E-state index contributed by atoms with van der Waals surface area (Å²) in [5, 5.41) is 8.60. The van der Waals surface area contributed by atoms with E-state index in [4.69, 9.17) is 0 Å². The smallest absolute Gasteiger partial charge is 0.243 e. The lowest BCUT2D eigenvalue weighted by Crippen LogP contribution is -2.21. The summed E-state index contributed by atoms with van der Waals surface area (Å²) in [5.74, 6) is -0.185. The second-order valence-corrected chi connectivity index (χ2v) is 5.81. The average Bonchev–Trinajstić information content (AvgIpc) is 2.55. The Morgan fingerprint density at radius 3 is 2.09 bits per heavy atom. The van der Waals surface area contributed by atoms with E-state index in [9.17, 15) is 9.59 Å². The molecule has 0 fully saturated rings. The first-order chi connectivity index (χ1) is 11.1. The highest BCUT2D eigenvalue weighted by molar-refractivity contribution is 9.10. The highest BCUT2D eigenvalue weighted by Crippen LogP contribution is 2.16. The SMILES string of the molecule is CCC(=O)Nc1ccc(NC(=O)CNc2cccc(Br)c2)cc1. The van der Waals surface area contributed by atoms with Crippen LogP contribution in [-0.2, 0) is 9.59 Å². The van der Waals surface area contributed by atoms with Gasteiger partial charge in [-0.3, -0.25) is 9.59 Å². The summed E-state index contributed by atoms with van der Waals surface area (Å²) in [4.78, 5) is 23.2. The van der Waals surface area contributed by atoms with Crippen LogP contribution in [0.15, 0.2) is 53.0 Å². The van der Waals surface area contributed by atoms with Crippen molar-refractivity contribution in [1.82, 2.24) is 0 Å². The number of halogens is 1. The predicted octanol–water partition coefficient (Wildman–Crippen LogP) is 3.85. The van der Waals surface area contributed by atoms with E-state index in [0.29, 0.717) is 17.8 Å². The number of rotatable bonds is 6. The van der Waals surface area contributed by atoms with Gasteiger partial charge in [-0.2, -0.15) is 0 Å². The lowest BCUT2D eigenvalue weighted by molar-refractivity contribution is -0.116. The van der Waals surface area contributed by atoms with Crippen LogP contribution in [0.4, 0.5) is 17.1 Å². The van der Waals surface area contributed by atoms with Gasteiger partial charge < -0.3 is 16.0 Å². The highest BCUT2D eigenvalue weighted by atomic mass is 79.9. The van der Waals surface area contributed by atoms with Crippen LogP contribution in [0.2, 0.25) is 0 Å². The van der Waals surface area contributed by atoms with E-state index < -0.39 is 0 Å². The maximum absolute atomic E-state index is 11.9. The van der Waals surface area contributed by atoms with Gasteiger partial charge in [0.25, 0.3) is 0 Å². The summed E-state index contributed by atoms with van der Waals surface area (Å²) in [6.07, 6.45) is 0.430. The Labute approximate surface area is 143 Å². The van der Waals surface area contributed by atoms with E-state index in [1.165, 1.54) is 0 Å². The second kappa shape index (κ2) is 8.33. The highest BCUT2D eigenvalue weighted by Gasteiger charge is 2.04. The van der Waals surface area contributed by atoms with Crippen molar-refractivity contribution in [2.45, 2.75) is 13.3 Å². The Kier molecular flexibility index (Phi) is 6.17. The van der Waals surface area contributed by atoms with Crippen LogP contribution in [0, 0.1) is 0 Å². The van der Waals surface area contributed by atoms with E-state index in [0.717, 1.165) is 10.2 Å². The predicted molar refractivity (Wildman–Crippen MR) is 96.6 cm³/mol. The molecule has 2 aromatic rings. The summed E-state index contributed by atoms with van der Waals surface area (Å²) < 4.78 is 0.952. The van der Waals surface area contributed by atoms with Gasteiger partial charge in [0, 0.05) is 28.0 Å². The zero-order valence-corrected chi connectivity index (χ0v) is 14.3. The van der Waals surface area contributed by atoms with E-state index in [1.807, 2.05) is 24.3 Å². The molecule has 0 heterocycles. The van der Waals surface area contributed by atoms with Gasteiger partial charge >= 0.3 is 0 Å². The standard InChI is InChI=1S/C17H18BrN3O2/c1-2-16(22)20-13-6-8-14(9-7-13)21-17(23)11-19-15-5-3-4-12(18)10-15/h3-10,19H,2,11H2,1H3,(H,20,22)(H,21,23). The Bertz CT molecular complexity index is 686. The van der Waals surface area contributed by atoms with Gasteiger partial charge in [-0.25, -0.2) is 0 Å². The monoisotopic (exact) mass is 375 g/mol. The number of carbonyl (C=O) groups excluding carboxylic acids is 2. The van der Waals surface area contributed by atoms with Crippen molar-refractivity contribution in [3.05, 3.63) is 53.0 Å². The Morgan fingerprint density at radius 1 is 0.913 bits per heavy atom. The first-order valence-electron chi connectivity index (χ1n) is 7.26. The number of hydrogen-bond donors (Lipinski definition) is 3. The van der Waals surface area contributed by atoms with Crippen molar-refractivity contribution in [3.63, 3.8) is 0 Å². The molecule has 2 aromatic carbocycles. The molecule has 3 N–H and O–H groups in total. The van der Waals surface area contributed by atoms with Crippen molar-refractivity contribution in [3.8, 4) is 0 Å². The van der Waals surface area contributed by atoms with Gasteiger partial charge in [-0.1, -0.05) is 28.9 Å². The molecule has 6 heteroatoms. The van der Waals surface area contributed by atoms with Gasteiger partial charge in [-0.05, 0) is 42.5 Å². The minimum atomic E-state index is -0.143. The van der Waals surface area contributed by atoms with Crippen molar-refractivity contribution < 1.29 is 9.59 Å². The van der Waals surface area contributed by atoms with Gasteiger partial charge in [0.1, 0.15) is 0 Å². The molecule has 2 amide bonds. The van der Waals surface area contributed by atoms with Crippen molar-refractivity contribution in [1.29, 1.82) is 0 Å². The topological polar surface area (TPSA) is 70.2 Å². The number of benzene rings is 2. The van der Waals surface area contributed by atoms with Crippen LogP contribution < -0.4 is 16.0 Å². The third kappa shape index (κ3) is 5.75. The second-order valence-electron chi connectivity index (χ2n) is 4.89. The molecule has 0 saturated heterocycles. The first-order valence-corrected chi connectivity index (χ1v) is 8.05. The van der Waals surface area contributed by atoms with E-state index >= 15 is 0 Å². The van der Waals surface area contributed by atoms with Gasteiger partial charge in [-0.15, -0.1) is 0 Å². The molecule has 0 atom stereocenters. The molecule has 0 aliphatic rings. The fourth-order valence-corrected chi connectivity index (χ4v) is 2.27. The Hall–Kier alpha value is -2.34. The zero-order valence-electron chi connectivity index (χ0n) is 12.7. The third-order valence-electron chi connectivity index (χ3n) is 3.05. The molecule has 0 unspecified atom stereocenters. The molecular formula is C17H18BrN3O2. The fraction of sp³-hybridized carbons (Fsp3) is 0.176. The van der Waals surface area contributed by atoms with Crippen LogP contribution in [0.5, 0.6) is 0 Å². The number of amides is 2. The Balaban J connectivity index is 1.84. The van der Waals surface area contributed by atoms with Gasteiger partial charge in [0.15, 0.2) is 0 Å². The molecule has 2 rings (SSSR count). The molecule has 23 heavy (non-hydrogen) atoms. The molecule has 0 aromatic heterocycles. The van der Waals surface area contributed by atoms with E-state index in [1.54, 1.807) is 31.2 Å².